The highest BCUT2D eigenvalue weighted by molar-refractivity contribution is 5.84. The van der Waals surface area contributed by atoms with E-state index in [1.165, 1.54) is 26.4 Å². The van der Waals surface area contributed by atoms with Gasteiger partial charge in [0, 0.05) is 19.0 Å². The van der Waals surface area contributed by atoms with Crippen LogP contribution >= 0.6 is 0 Å². The Morgan fingerprint density at radius 2 is 1.67 bits per heavy atom. The number of rotatable bonds is 3. The molecule has 1 heterocycles. The van der Waals surface area contributed by atoms with E-state index in [9.17, 15) is 9.59 Å². The highest BCUT2D eigenvalue weighted by atomic mass is 16.5. The van der Waals surface area contributed by atoms with Crippen molar-refractivity contribution in [3.05, 3.63) is 35.9 Å². The van der Waals surface area contributed by atoms with Crippen LogP contribution in [0.25, 0.3) is 0 Å². The number of esters is 1. The number of nitrogens with zero attached hydrogens (tertiary/aromatic N) is 1. The van der Waals surface area contributed by atoms with E-state index in [2.05, 4.69) is 0 Å². The molecule has 1 saturated carbocycles. The summed E-state index contributed by atoms with van der Waals surface area (Å²) < 4.78 is 5.12. The largest absolute Gasteiger partial charge is 0.468 e. The summed E-state index contributed by atoms with van der Waals surface area (Å²) in [6, 6.07) is 9.86. The highest BCUT2D eigenvalue weighted by Crippen LogP contribution is 2.37. The Bertz CT molecular complexity index is 570. The number of benzene rings is 1. The minimum atomic E-state index is -0.612. The summed E-state index contributed by atoms with van der Waals surface area (Å²) in [6.07, 6.45) is 6.92. The molecule has 130 valence electrons. The zero-order chi connectivity index (χ0) is 17.0. The van der Waals surface area contributed by atoms with Crippen molar-refractivity contribution in [2.45, 2.75) is 50.4 Å². The second-order valence-electron chi connectivity index (χ2n) is 7.10. The summed E-state index contributed by atoms with van der Waals surface area (Å²) in [5.41, 5.74) is 0.390. The SMILES string of the molecule is COC(=O)C1(c2ccccc2)CCN(C(=O)C2CCCCC2)CC1. The van der Waals surface area contributed by atoms with E-state index >= 15 is 0 Å². The summed E-state index contributed by atoms with van der Waals surface area (Å²) in [5.74, 6) is 0.306. The molecule has 0 bridgehead atoms. The maximum absolute atomic E-state index is 12.7. The van der Waals surface area contributed by atoms with Crippen LogP contribution in [-0.2, 0) is 19.7 Å². The van der Waals surface area contributed by atoms with Gasteiger partial charge in [0.2, 0.25) is 5.91 Å². The van der Waals surface area contributed by atoms with Crippen molar-refractivity contribution in [1.29, 1.82) is 0 Å². The Hall–Kier alpha value is -1.84. The van der Waals surface area contributed by atoms with Gasteiger partial charge in [-0.25, -0.2) is 0 Å². The Kier molecular flexibility index (Phi) is 5.22. The molecule has 2 aliphatic rings. The number of piperidine rings is 1. The van der Waals surface area contributed by atoms with E-state index in [0.717, 1.165) is 18.4 Å². The number of likely N-dealkylation sites (tertiary alicyclic amines) is 1. The number of hydrogen-bond donors (Lipinski definition) is 0. The monoisotopic (exact) mass is 329 g/mol. The first-order valence-corrected chi connectivity index (χ1v) is 9.10. The van der Waals surface area contributed by atoms with Crippen LogP contribution in [0, 0.1) is 5.92 Å². The van der Waals surface area contributed by atoms with Gasteiger partial charge in [-0.15, -0.1) is 0 Å². The van der Waals surface area contributed by atoms with Gasteiger partial charge in [-0.1, -0.05) is 49.6 Å². The first-order chi connectivity index (χ1) is 11.7. The smallest absolute Gasteiger partial charge is 0.316 e. The zero-order valence-electron chi connectivity index (χ0n) is 14.5. The van der Waals surface area contributed by atoms with Crippen molar-refractivity contribution in [3.63, 3.8) is 0 Å². The molecule has 0 aromatic heterocycles. The number of carbonyl (C=O) groups is 2. The van der Waals surface area contributed by atoms with Crippen LogP contribution in [0.3, 0.4) is 0 Å². The number of carbonyl (C=O) groups excluding carboxylic acids is 2. The van der Waals surface area contributed by atoms with Gasteiger partial charge < -0.3 is 9.64 Å². The maximum Gasteiger partial charge on any atom is 0.316 e. The van der Waals surface area contributed by atoms with Crippen molar-refractivity contribution in [1.82, 2.24) is 4.90 Å². The predicted molar refractivity (Wildman–Crippen MR) is 92.5 cm³/mol. The Labute approximate surface area is 144 Å². The van der Waals surface area contributed by atoms with E-state index < -0.39 is 5.41 Å². The molecule has 1 aliphatic carbocycles. The van der Waals surface area contributed by atoms with Crippen LogP contribution in [0.15, 0.2) is 30.3 Å². The van der Waals surface area contributed by atoms with E-state index in [1.54, 1.807) is 0 Å². The summed E-state index contributed by atoms with van der Waals surface area (Å²) >= 11 is 0. The minimum absolute atomic E-state index is 0.182. The van der Waals surface area contributed by atoms with Gasteiger partial charge in [-0.3, -0.25) is 9.59 Å². The van der Waals surface area contributed by atoms with Gasteiger partial charge in [0.25, 0.3) is 0 Å². The molecule has 0 N–H and O–H groups in total. The molecule has 24 heavy (non-hydrogen) atoms. The third kappa shape index (κ3) is 3.19. The molecule has 1 aliphatic heterocycles. The molecule has 0 unspecified atom stereocenters. The van der Waals surface area contributed by atoms with Gasteiger partial charge in [-0.05, 0) is 31.2 Å². The summed E-state index contributed by atoms with van der Waals surface area (Å²) in [4.78, 5) is 27.3. The average Bonchev–Trinajstić information content (AvgIpc) is 2.68. The fraction of sp³-hybridized carbons (Fsp3) is 0.600. The molecule has 0 spiro atoms. The molecule has 1 aromatic rings. The quantitative estimate of drug-likeness (QED) is 0.799. The fourth-order valence-corrected chi connectivity index (χ4v) is 4.28. The normalized spacial score (nSPS) is 21.3. The molecule has 0 atom stereocenters. The van der Waals surface area contributed by atoms with Crippen LogP contribution in [0.5, 0.6) is 0 Å². The zero-order valence-corrected chi connectivity index (χ0v) is 14.5. The lowest BCUT2D eigenvalue weighted by Crippen LogP contribution is -2.50. The molecule has 4 heteroatoms. The summed E-state index contributed by atoms with van der Waals surface area (Å²) in [7, 11) is 1.45. The van der Waals surface area contributed by atoms with E-state index in [-0.39, 0.29) is 11.9 Å². The highest BCUT2D eigenvalue weighted by Gasteiger charge is 2.45. The Balaban J connectivity index is 1.73. The Morgan fingerprint density at radius 1 is 1.04 bits per heavy atom. The molecule has 1 aromatic carbocycles. The van der Waals surface area contributed by atoms with Crippen molar-refractivity contribution in [2.24, 2.45) is 5.92 Å². The van der Waals surface area contributed by atoms with Gasteiger partial charge in [0.15, 0.2) is 0 Å². The second-order valence-corrected chi connectivity index (χ2v) is 7.10. The van der Waals surface area contributed by atoms with Crippen LogP contribution < -0.4 is 0 Å². The molecular weight excluding hydrogens is 302 g/mol. The number of methoxy groups -OCH3 is 1. The number of ether oxygens (including phenoxy) is 1. The Morgan fingerprint density at radius 3 is 2.25 bits per heavy atom. The van der Waals surface area contributed by atoms with E-state index in [0.29, 0.717) is 31.8 Å². The lowest BCUT2D eigenvalue weighted by molar-refractivity contribution is -0.152. The second kappa shape index (κ2) is 7.37. The van der Waals surface area contributed by atoms with E-state index in [4.69, 9.17) is 4.74 Å². The maximum atomic E-state index is 12.7. The van der Waals surface area contributed by atoms with E-state index in [1.807, 2.05) is 35.2 Å². The lowest BCUT2D eigenvalue weighted by atomic mass is 9.72. The fourth-order valence-electron chi connectivity index (χ4n) is 4.28. The summed E-state index contributed by atoms with van der Waals surface area (Å²) in [6.45, 7) is 1.28. The van der Waals surface area contributed by atoms with Gasteiger partial charge in [0.1, 0.15) is 0 Å². The first kappa shape index (κ1) is 17.0. The van der Waals surface area contributed by atoms with Crippen molar-refractivity contribution in [3.8, 4) is 0 Å². The number of hydrogen-bond acceptors (Lipinski definition) is 3. The molecule has 3 rings (SSSR count). The van der Waals surface area contributed by atoms with Gasteiger partial charge in [0.05, 0.1) is 12.5 Å². The van der Waals surface area contributed by atoms with Crippen LogP contribution in [0.4, 0.5) is 0 Å². The molecule has 1 amide bonds. The van der Waals surface area contributed by atoms with Gasteiger partial charge in [-0.2, -0.15) is 0 Å². The third-order valence-electron chi connectivity index (χ3n) is 5.79. The topological polar surface area (TPSA) is 46.6 Å². The van der Waals surface area contributed by atoms with Crippen molar-refractivity contribution in [2.75, 3.05) is 20.2 Å². The number of amides is 1. The van der Waals surface area contributed by atoms with Crippen molar-refractivity contribution >= 4 is 11.9 Å². The van der Waals surface area contributed by atoms with Crippen LogP contribution in [0.1, 0.15) is 50.5 Å². The van der Waals surface area contributed by atoms with Crippen LogP contribution in [0.2, 0.25) is 0 Å². The third-order valence-corrected chi connectivity index (χ3v) is 5.79. The molecular formula is C20H27NO3. The standard InChI is InChI=1S/C20H27NO3/c1-24-19(23)20(17-10-6-3-7-11-17)12-14-21(15-13-20)18(22)16-8-4-2-5-9-16/h3,6-7,10-11,16H,2,4-5,8-9,12-15H2,1H3. The minimum Gasteiger partial charge on any atom is -0.468 e. The van der Waals surface area contributed by atoms with Gasteiger partial charge >= 0.3 is 5.97 Å². The first-order valence-electron chi connectivity index (χ1n) is 9.10. The lowest BCUT2D eigenvalue weighted by Gasteiger charge is -2.41. The molecule has 2 fully saturated rings. The molecule has 4 nitrogen and oxygen atoms in total. The molecule has 0 radical (unpaired) electrons. The predicted octanol–water partition coefficient (Wildman–Crippen LogP) is 3.30. The summed E-state index contributed by atoms with van der Waals surface area (Å²) in [5, 5.41) is 0. The van der Waals surface area contributed by atoms with Crippen LogP contribution in [-0.4, -0.2) is 37.0 Å². The molecule has 1 saturated heterocycles. The van der Waals surface area contributed by atoms with Crippen molar-refractivity contribution < 1.29 is 14.3 Å². The average molecular weight is 329 g/mol.